The highest BCUT2D eigenvalue weighted by atomic mass is 35.5. The average Bonchev–Trinajstić information content (AvgIpc) is 3.18. The maximum Gasteiger partial charge on any atom is 0.290 e. The first kappa shape index (κ1) is 14.7. The second-order valence-corrected chi connectivity index (χ2v) is 5.57. The van der Waals surface area contributed by atoms with E-state index in [-0.39, 0.29) is 17.6 Å². The largest absolute Gasteiger partial charge is 0.459 e. The molecule has 1 aromatic heterocycles. The van der Waals surface area contributed by atoms with E-state index >= 15 is 0 Å². The van der Waals surface area contributed by atoms with Gasteiger partial charge in [-0.2, -0.15) is 0 Å². The van der Waals surface area contributed by atoms with Gasteiger partial charge in [0.25, 0.3) is 5.91 Å². The zero-order chi connectivity index (χ0) is 15.5. The van der Waals surface area contributed by atoms with Crippen LogP contribution >= 0.6 is 11.6 Å². The van der Waals surface area contributed by atoms with Gasteiger partial charge in [0.15, 0.2) is 5.76 Å². The number of halogens is 1. The summed E-state index contributed by atoms with van der Waals surface area (Å²) in [5, 5.41) is 3.36. The Kier molecular flexibility index (Phi) is 4.15. The molecule has 1 aromatic carbocycles. The van der Waals surface area contributed by atoms with Crippen LogP contribution in [0.5, 0.6) is 0 Å². The van der Waals surface area contributed by atoms with Gasteiger partial charge in [-0.15, -0.1) is 0 Å². The Morgan fingerprint density at radius 1 is 1.27 bits per heavy atom. The van der Waals surface area contributed by atoms with E-state index in [1.54, 1.807) is 41.3 Å². The van der Waals surface area contributed by atoms with E-state index in [4.69, 9.17) is 16.0 Å². The molecule has 0 unspecified atom stereocenters. The minimum Gasteiger partial charge on any atom is -0.459 e. The third-order valence-corrected chi connectivity index (χ3v) is 3.88. The summed E-state index contributed by atoms with van der Waals surface area (Å²) in [5.41, 5.74) is 0.620. The standard InChI is InChI=1S/C16H15ClN2O3/c17-11-4-1-5-12(10-11)18-15(20)13-6-2-8-19(13)16(21)14-7-3-9-22-14/h1,3-5,7,9-10,13H,2,6,8H2,(H,18,20)/t13-/m0/s1. The predicted molar refractivity (Wildman–Crippen MR) is 82.8 cm³/mol. The number of hydrogen-bond donors (Lipinski definition) is 1. The predicted octanol–water partition coefficient (Wildman–Crippen LogP) is 3.18. The molecule has 0 saturated carbocycles. The fraction of sp³-hybridized carbons (Fsp3) is 0.250. The van der Waals surface area contributed by atoms with Crippen molar-refractivity contribution in [1.82, 2.24) is 4.90 Å². The second kappa shape index (κ2) is 6.23. The highest BCUT2D eigenvalue weighted by Gasteiger charge is 2.35. The zero-order valence-corrected chi connectivity index (χ0v) is 12.5. The molecule has 0 aliphatic carbocycles. The fourth-order valence-electron chi connectivity index (χ4n) is 2.62. The number of nitrogens with zero attached hydrogens (tertiary/aromatic N) is 1. The number of furan rings is 1. The summed E-state index contributed by atoms with van der Waals surface area (Å²) in [4.78, 5) is 26.3. The topological polar surface area (TPSA) is 62.6 Å². The van der Waals surface area contributed by atoms with Gasteiger partial charge in [-0.05, 0) is 43.2 Å². The van der Waals surface area contributed by atoms with Gasteiger partial charge >= 0.3 is 0 Å². The molecule has 0 radical (unpaired) electrons. The zero-order valence-electron chi connectivity index (χ0n) is 11.8. The summed E-state index contributed by atoms with van der Waals surface area (Å²) in [7, 11) is 0. The van der Waals surface area contributed by atoms with Crippen molar-refractivity contribution in [3.05, 3.63) is 53.4 Å². The van der Waals surface area contributed by atoms with Crippen molar-refractivity contribution < 1.29 is 14.0 Å². The van der Waals surface area contributed by atoms with Crippen molar-refractivity contribution in [2.45, 2.75) is 18.9 Å². The molecule has 1 N–H and O–H groups in total. The van der Waals surface area contributed by atoms with Gasteiger partial charge in [-0.1, -0.05) is 17.7 Å². The molecule has 2 aromatic rings. The number of carbonyl (C=O) groups is 2. The number of rotatable bonds is 3. The summed E-state index contributed by atoms with van der Waals surface area (Å²) in [6.45, 7) is 0.549. The lowest BCUT2D eigenvalue weighted by atomic mass is 10.2. The van der Waals surface area contributed by atoms with Gasteiger partial charge in [-0.3, -0.25) is 9.59 Å². The van der Waals surface area contributed by atoms with Crippen LogP contribution in [0, 0.1) is 0 Å². The van der Waals surface area contributed by atoms with Crippen LogP contribution in [0.15, 0.2) is 47.1 Å². The summed E-state index contributed by atoms with van der Waals surface area (Å²) < 4.78 is 5.13. The highest BCUT2D eigenvalue weighted by molar-refractivity contribution is 6.30. The Labute approximate surface area is 132 Å². The number of carbonyl (C=O) groups excluding carboxylic acids is 2. The maximum atomic E-state index is 12.4. The van der Waals surface area contributed by atoms with Gasteiger partial charge in [0.1, 0.15) is 6.04 Å². The fourth-order valence-corrected chi connectivity index (χ4v) is 2.81. The molecule has 1 aliphatic rings. The molecular formula is C16H15ClN2O3. The molecule has 1 atom stereocenters. The quantitative estimate of drug-likeness (QED) is 0.945. The molecule has 1 saturated heterocycles. The lowest BCUT2D eigenvalue weighted by molar-refractivity contribution is -0.119. The first-order valence-electron chi connectivity index (χ1n) is 7.06. The van der Waals surface area contributed by atoms with Gasteiger partial charge in [-0.25, -0.2) is 0 Å². The van der Waals surface area contributed by atoms with Crippen molar-refractivity contribution in [2.24, 2.45) is 0 Å². The lowest BCUT2D eigenvalue weighted by Crippen LogP contribution is -2.43. The molecule has 5 nitrogen and oxygen atoms in total. The smallest absolute Gasteiger partial charge is 0.290 e. The third-order valence-electron chi connectivity index (χ3n) is 3.64. The van der Waals surface area contributed by atoms with E-state index in [1.807, 2.05) is 0 Å². The molecule has 1 aliphatic heterocycles. The highest BCUT2D eigenvalue weighted by Crippen LogP contribution is 2.22. The molecule has 0 spiro atoms. The first-order chi connectivity index (χ1) is 10.6. The van der Waals surface area contributed by atoms with Crippen molar-refractivity contribution in [2.75, 3.05) is 11.9 Å². The van der Waals surface area contributed by atoms with E-state index in [0.29, 0.717) is 23.7 Å². The van der Waals surface area contributed by atoms with E-state index in [0.717, 1.165) is 6.42 Å². The van der Waals surface area contributed by atoms with E-state index in [2.05, 4.69) is 5.32 Å². The number of nitrogens with one attached hydrogen (secondary N) is 1. The second-order valence-electron chi connectivity index (χ2n) is 5.13. The Morgan fingerprint density at radius 2 is 2.14 bits per heavy atom. The molecule has 114 valence electrons. The Balaban J connectivity index is 1.72. The van der Waals surface area contributed by atoms with Crippen LogP contribution in [-0.4, -0.2) is 29.3 Å². The van der Waals surface area contributed by atoms with Crippen LogP contribution in [0.3, 0.4) is 0 Å². The molecule has 6 heteroatoms. The number of amides is 2. The van der Waals surface area contributed by atoms with Gasteiger partial charge in [0.05, 0.1) is 6.26 Å². The van der Waals surface area contributed by atoms with Gasteiger partial charge in [0.2, 0.25) is 5.91 Å². The molecule has 0 bridgehead atoms. The Bertz CT molecular complexity index is 684. The SMILES string of the molecule is O=C(Nc1cccc(Cl)c1)[C@@H]1CCCN1C(=O)c1ccco1. The van der Waals surface area contributed by atoms with Crippen molar-refractivity contribution in [1.29, 1.82) is 0 Å². The minimum atomic E-state index is -0.489. The first-order valence-corrected chi connectivity index (χ1v) is 7.44. The minimum absolute atomic E-state index is 0.209. The molecule has 2 amide bonds. The summed E-state index contributed by atoms with van der Waals surface area (Å²) in [6, 6.07) is 9.70. The van der Waals surface area contributed by atoms with Crippen molar-refractivity contribution in [3.63, 3.8) is 0 Å². The van der Waals surface area contributed by atoms with Crippen LogP contribution in [-0.2, 0) is 4.79 Å². The average molecular weight is 319 g/mol. The maximum absolute atomic E-state index is 12.4. The summed E-state index contributed by atoms with van der Waals surface area (Å²) in [6.07, 6.45) is 2.88. The number of likely N-dealkylation sites (tertiary alicyclic amines) is 1. The normalized spacial score (nSPS) is 17.5. The molecule has 22 heavy (non-hydrogen) atoms. The number of hydrogen-bond acceptors (Lipinski definition) is 3. The van der Waals surface area contributed by atoms with Gasteiger partial charge < -0.3 is 14.6 Å². The van der Waals surface area contributed by atoms with Crippen LogP contribution in [0.1, 0.15) is 23.4 Å². The van der Waals surface area contributed by atoms with Crippen molar-refractivity contribution >= 4 is 29.1 Å². The Hall–Kier alpha value is -2.27. The van der Waals surface area contributed by atoms with E-state index in [9.17, 15) is 9.59 Å². The summed E-state index contributed by atoms with van der Waals surface area (Å²) in [5.74, 6) is -0.212. The third kappa shape index (κ3) is 2.99. The number of anilines is 1. The van der Waals surface area contributed by atoms with Crippen LogP contribution in [0.4, 0.5) is 5.69 Å². The molecule has 3 rings (SSSR count). The molecule has 2 heterocycles. The van der Waals surface area contributed by atoms with Gasteiger partial charge in [0, 0.05) is 17.3 Å². The lowest BCUT2D eigenvalue weighted by Gasteiger charge is -2.23. The van der Waals surface area contributed by atoms with E-state index in [1.165, 1.54) is 6.26 Å². The van der Waals surface area contributed by atoms with Crippen molar-refractivity contribution in [3.8, 4) is 0 Å². The monoisotopic (exact) mass is 318 g/mol. The van der Waals surface area contributed by atoms with E-state index < -0.39 is 6.04 Å². The Morgan fingerprint density at radius 3 is 2.86 bits per heavy atom. The van der Waals surface area contributed by atoms with Crippen LogP contribution in [0.25, 0.3) is 0 Å². The van der Waals surface area contributed by atoms with Crippen LogP contribution in [0.2, 0.25) is 5.02 Å². The van der Waals surface area contributed by atoms with Crippen LogP contribution < -0.4 is 5.32 Å². The number of benzene rings is 1. The molecular weight excluding hydrogens is 304 g/mol. The molecule has 1 fully saturated rings. The summed E-state index contributed by atoms with van der Waals surface area (Å²) >= 11 is 5.91.